The second-order valence-corrected chi connectivity index (χ2v) is 4.49. The number of benzene rings is 1. The van der Waals surface area contributed by atoms with Crippen molar-refractivity contribution >= 4 is 11.4 Å². The van der Waals surface area contributed by atoms with Gasteiger partial charge in [0.2, 0.25) is 0 Å². The molecule has 0 heterocycles. The molecule has 0 amide bonds. The predicted octanol–water partition coefficient (Wildman–Crippen LogP) is 3.26. The summed E-state index contributed by atoms with van der Waals surface area (Å²) in [4.78, 5) is 0. The Kier molecular flexibility index (Phi) is 3.49. The van der Waals surface area contributed by atoms with Gasteiger partial charge in [-0.25, -0.2) is 0 Å². The zero-order chi connectivity index (χ0) is 10.5. The third-order valence-corrected chi connectivity index (χ3v) is 3.27. The normalized spacial score (nSPS) is 16.8. The molecule has 15 heavy (non-hydrogen) atoms. The first-order chi connectivity index (χ1) is 7.34. The summed E-state index contributed by atoms with van der Waals surface area (Å²) in [7, 11) is 0. The number of nitrogens with two attached hydrogens (primary N) is 1. The van der Waals surface area contributed by atoms with Crippen molar-refractivity contribution < 1.29 is 0 Å². The maximum Gasteiger partial charge on any atom is 0.0341 e. The van der Waals surface area contributed by atoms with E-state index in [2.05, 4.69) is 5.32 Å². The number of anilines is 2. The lowest BCUT2D eigenvalue weighted by Gasteiger charge is -2.10. The van der Waals surface area contributed by atoms with Gasteiger partial charge < -0.3 is 11.1 Å². The number of nitrogen functional groups attached to an aromatic ring is 1. The molecule has 0 radical (unpaired) electrons. The maximum atomic E-state index is 5.63. The first-order valence-corrected chi connectivity index (χ1v) is 5.94. The predicted molar refractivity (Wildman–Crippen MR) is 65.9 cm³/mol. The minimum Gasteiger partial charge on any atom is -0.399 e. The molecule has 2 nitrogen and oxygen atoms in total. The van der Waals surface area contributed by atoms with Crippen LogP contribution in [0.5, 0.6) is 0 Å². The highest BCUT2D eigenvalue weighted by Crippen LogP contribution is 2.27. The fourth-order valence-electron chi connectivity index (χ4n) is 2.32. The lowest BCUT2D eigenvalue weighted by atomic mass is 10.0. The zero-order valence-corrected chi connectivity index (χ0v) is 9.21. The van der Waals surface area contributed by atoms with Crippen LogP contribution in [0.2, 0.25) is 0 Å². The van der Waals surface area contributed by atoms with E-state index < -0.39 is 0 Å². The Balaban J connectivity index is 1.71. The molecular weight excluding hydrogens is 184 g/mol. The van der Waals surface area contributed by atoms with Crippen molar-refractivity contribution in [3.63, 3.8) is 0 Å². The molecule has 0 saturated heterocycles. The van der Waals surface area contributed by atoms with Gasteiger partial charge in [0.05, 0.1) is 0 Å². The van der Waals surface area contributed by atoms with Crippen LogP contribution in [-0.4, -0.2) is 6.54 Å². The molecule has 0 spiro atoms. The van der Waals surface area contributed by atoms with Gasteiger partial charge in [0.1, 0.15) is 0 Å². The van der Waals surface area contributed by atoms with Gasteiger partial charge in [0.15, 0.2) is 0 Å². The van der Waals surface area contributed by atoms with Crippen LogP contribution in [0.4, 0.5) is 11.4 Å². The molecule has 1 aromatic carbocycles. The Labute approximate surface area is 91.9 Å². The smallest absolute Gasteiger partial charge is 0.0341 e. The summed E-state index contributed by atoms with van der Waals surface area (Å²) in [5.74, 6) is 0.964. The van der Waals surface area contributed by atoms with Gasteiger partial charge in [-0.05, 0) is 36.6 Å². The van der Waals surface area contributed by atoms with Crippen molar-refractivity contribution in [2.75, 3.05) is 17.6 Å². The highest BCUT2D eigenvalue weighted by Gasteiger charge is 2.13. The summed E-state index contributed by atoms with van der Waals surface area (Å²) in [5, 5.41) is 3.44. The quantitative estimate of drug-likeness (QED) is 0.739. The van der Waals surface area contributed by atoms with Crippen molar-refractivity contribution in [2.24, 2.45) is 5.92 Å². The van der Waals surface area contributed by atoms with E-state index in [4.69, 9.17) is 5.73 Å². The summed E-state index contributed by atoms with van der Waals surface area (Å²) in [5.41, 5.74) is 7.64. The molecule has 0 unspecified atom stereocenters. The first-order valence-electron chi connectivity index (χ1n) is 5.94. The molecule has 1 aliphatic rings. The van der Waals surface area contributed by atoms with Crippen molar-refractivity contribution in [3.8, 4) is 0 Å². The molecule has 1 aromatic rings. The molecule has 0 aliphatic heterocycles. The molecule has 0 bridgehead atoms. The Morgan fingerprint density at radius 1 is 1.13 bits per heavy atom. The Morgan fingerprint density at radius 3 is 2.47 bits per heavy atom. The summed E-state index contributed by atoms with van der Waals surface area (Å²) < 4.78 is 0. The second kappa shape index (κ2) is 5.06. The lowest BCUT2D eigenvalue weighted by Crippen LogP contribution is -2.06. The number of rotatable bonds is 4. The fourth-order valence-corrected chi connectivity index (χ4v) is 2.32. The van der Waals surface area contributed by atoms with Gasteiger partial charge >= 0.3 is 0 Å². The van der Waals surface area contributed by atoms with Gasteiger partial charge in [0, 0.05) is 17.9 Å². The number of hydrogen-bond acceptors (Lipinski definition) is 2. The molecule has 82 valence electrons. The number of hydrogen-bond donors (Lipinski definition) is 2. The maximum absolute atomic E-state index is 5.63. The van der Waals surface area contributed by atoms with E-state index in [1.165, 1.54) is 37.8 Å². The van der Waals surface area contributed by atoms with Gasteiger partial charge in [0.25, 0.3) is 0 Å². The van der Waals surface area contributed by atoms with E-state index in [1.807, 2.05) is 24.3 Å². The molecule has 2 rings (SSSR count). The van der Waals surface area contributed by atoms with Gasteiger partial charge in [-0.1, -0.05) is 25.7 Å². The zero-order valence-electron chi connectivity index (χ0n) is 9.21. The van der Waals surface area contributed by atoms with Crippen molar-refractivity contribution in [3.05, 3.63) is 24.3 Å². The largest absolute Gasteiger partial charge is 0.399 e. The molecule has 1 saturated carbocycles. The third-order valence-electron chi connectivity index (χ3n) is 3.27. The van der Waals surface area contributed by atoms with E-state index >= 15 is 0 Å². The van der Waals surface area contributed by atoms with E-state index in [0.717, 1.165) is 18.2 Å². The SMILES string of the molecule is Nc1ccc(NCCC2CCCC2)cc1. The summed E-state index contributed by atoms with van der Waals surface area (Å²) in [6, 6.07) is 7.98. The van der Waals surface area contributed by atoms with Crippen LogP contribution in [0, 0.1) is 5.92 Å². The van der Waals surface area contributed by atoms with Crippen molar-refractivity contribution in [2.45, 2.75) is 32.1 Å². The Hall–Kier alpha value is -1.18. The van der Waals surface area contributed by atoms with E-state index in [-0.39, 0.29) is 0 Å². The molecule has 0 atom stereocenters. The average Bonchev–Trinajstić information content (AvgIpc) is 2.74. The molecular formula is C13H20N2. The van der Waals surface area contributed by atoms with E-state index in [9.17, 15) is 0 Å². The summed E-state index contributed by atoms with van der Waals surface area (Å²) in [6.45, 7) is 1.09. The highest BCUT2D eigenvalue weighted by molar-refractivity contribution is 5.51. The van der Waals surface area contributed by atoms with Crippen LogP contribution in [0.15, 0.2) is 24.3 Å². The van der Waals surface area contributed by atoms with Crippen LogP contribution in [0.1, 0.15) is 32.1 Å². The Bertz CT molecular complexity index is 286. The molecule has 1 fully saturated rings. The van der Waals surface area contributed by atoms with Gasteiger partial charge in [-0.2, -0.15) is 0 Å². The van der Waals surface area contributed by atoms with Crippen LogP contribution in [0.25, 0.3) is 0 Å². The second-order valence-electron chi connectivity index (χ2n) is 4.49. The lowest BCUT2D eigenvalue weighted by molar-refractivity contribution is 0.518. The minimum atomic E-state index is 0.830. The fraction of sp³-hybridized carbons (Fsp3) is 0.538. The van der Waals surface area contributed by atoms with E-state index in [1.54, 1.807) is 0 Å². The topological polar surface area (TPSA) is 38.0 Å². The van der Waals surface area contributed by atoms with E-state index in [0.29, 0.717) is 0 Å². The van der Waals surface area contributed by atoms with Crippen LogP contribution >= 0.6 is 0 Å². The summed E-state index contributed by atoms with van der Waals surface area (Å²) >= 11 is 0. The third kappa shape index (κ3) is 3.15. The van der Waals surface area contributed by atoms with Crippen LogP contribution < -0.4 is 11.1 Å². The van der Waals surface area contributed by atoms with Crippen molar-refractivity contribution in [1.29, 1.82) is 0 Å². The molecule has 2 heteroatoms. The minimum absolute atomic E-state index is 0.830. The van der Waals surface area contributed by atoms with Crippen LogP contribution in [0.3, 0.4) is 0 Å². The first kappa shape index (κ1) is 10.3. The number of nitrogens with one attached hydrogen (secondary N) is 1. The van der Waals surface area contributed by atoms with Crippen molar-refractivity contribution in [1.82, 2.24) is 0 Å². The van der Waals surface area contributed by atoms with Gasteiger partial charge in [-0.15, -0.1) is 0 Å². The molecule has 1 aliphatic carbocycles. The molecule has 3 N–H and O–H groups in total. The van der Waals surface area contributed by atoms with Crippen LogP contribution in [-0.2, 0) is 0 Å². The average molecular weight is 204 g/mol. The molecule has 0 aromatic heterocycles. The van der Waals surface area contributed by atoms with Gasteiger partial charge in [-0.3, -0.25) is 0 Å². The monoisotopic (exact) mass is 204 g/mol. The Morgan fingerprint density at radius 2 is 1.80 bits per heavy atom. The standard InChI is InChI=1S/C13H20N2/c14-12-5-7-13(8-6-12)15-10-9-11-3-1-2-4-11/h5-8,11,15H,1-4,9-10,14H2. The highest BCUT2D eigenvalue weighted by atomic mass is 14.9. The summed E-state index contributed by atoms with van der Waals surface area (Å²) in [6.07, 6.45) is 7.05.